The Morgan fingerprint density at radius 3 is 2.50 bits per heavy atom. The van der Waals surface area contributed by atoms with Gasteiger partial charge in [-0.25, -0.2) is 4.79 Å². The van der Waals surface area contributed by atoms with Gasteiger partial charge in [0, 0.05) is 34.7 Å². The number of hydrogen-bond acceptors (Lipinski definition) is 5. The maximum absolute atomic E-state index is 12.6. The first kappa shape index (κ1) is 21.3. The highest BCUT2D eigenvalue weighted by Crippen LogP contribution is 2.27. The van der Waals surface area contributed by atoms with E-state index in [1.54, 1.807) is 6.20 Å². The van der Waals surface area contributed by atoms with E-state index in [-0.39, 0.29) is 39.6 Å². The third-order valence-electron chi connectivity index (χ3n) is 4.81. The summed E-state index contributed by atoms with van der Waals surface area (Å²) < 4.78 is 5.02. The number of Topliss-reactive ketones (excluding diaryl/α,β-unsaturated/α-hetero) is 2. The first-order valence-electron chi connectivity index (χ1n) is 9.24. The lowest BCUT2D eigenvalue weighted by Crippen LogP contribution is -2.22. The van der Waals surface area contributed by atoms with Crippen LogP contribution in [0.4, 0.5) is 0 Å². The molecule has 0 aromatic carbocycles. The van der Waals surface area contributed by atoms with Crippen molar-refractivity contribution in [2.24, 2.45) is 0 Å². The third-order valence-corrected chi connectivity index (χ3v) is 4.81. The molecule has 0 radical (unpaired) electrons. The summed E-state index contributed by atoms with van der Waals surface area (Å²) in [5, 5.41) is 9.51. The summed E-state index contributed by atoms with van der Waals surface area (Å²) in [6.07, 6.45) is 8.59. The number of aromatic nitrogens is 1. The zero-order valence-electron chi connectivity index (χ0n) is 16.4. The number of rotatable bonds is 9. The van der Waals surface area contributed by atoms with Gasteiger partial charge < -0.3 is 9.84 Å². The molecule has 1 heterocycles. The van der Waals surface area contributed by atoms with Crippen molar-refractivity contribution in [3.05, 3.63) is 64.2 Å². The average Bonchev–Trinajstić information content (AvgIpc) is 2.69. The van der Waals surface area contributed by atoms with E-state index in [4.69, 9.17) is 4.74 Å². The van der Waals surface area contributed by atoms with Crippen LogP contribution < -0.4 is 0 Å². The lowest BCUT2D eigenvalue weighted by atomic mass is 9.88. The molecule has 0 saturated carbocycles. The summed E-state index contributed by atoms with van der Waals surface area (Å²) in [6.45, 7) is 3.03. The number of hydrogen-bond donors (Lipinski definition) is 1. The number of carbonyl (C=O) groups is 3. The Morgan fingerprint density at radius 2 is 1.89 bits per heavy atom. The molecule has 28 heavy (non-hydrogen) atoms. The minimum Gasteiger partial charge on any atom is -0.492 e. The maximum atomic E-state index is 12.6. The first-order valence-corrected chi connectivity index (χ1v) is 9.24. The number of allylic oxidation sites excluding steroid dienone is 4. The second kappa shape index (κ2) is 9.78. The van der Waals surface area contributed by atoms with Gasteiger partial charge in [0.2, 0.25) is 5.78 Å². The van der Waals surface area contributed by atoms with Gasteiger partial charge in [0.15, 0.2) is 11.5 Å². The van der Waals surface area contributed by atoms with Crippen LogP contribution in [-0.4, -0.2) is 34.7 Å². The van der Waals surface area contributed by atoms with Gasteiger partial charge in [-0.05, 0) is 57.2 Å². The highest BCUT2D eigenvalue weighted by Gasteiger charge is 2.30. The first-order chi connectivity index (χ1) is 13.4. The number of ether oxygens (including phenoxy) is 1. The van der Waals surface area contributed by atoms with Crippen LogP contribution in [0.5, 0.6) is 0 Å². The van der Waals surface area contributed by atoms with Crippen LogP contribution in [0, 0.1) is 0 Å². The number of nitrogens with zero attached hydrogens (tertiary/aromatic N) is 1. The number of carboxylic acids is 1. The highest BCUT2D eigenvalue weighted by molar-refractivity contribution is 6.25. The number of ketones is 2. The maximum Gasteiger partial charge on any atom is 0.331 e. The Labute approximate surface area is 164 Å². The van der Waals surface area contributed by atoms with Gasteiger partial charge in [-0.1, -0.05) is 12.5 Å². The predicted molar refractivity (Wildman–Crippen MR) is 105 cm³/mol. The SMILES string of the molecule is COC1=C(C)C(=O)C(/C=C(\CCCCCc2cccnc2)C(=O)O)=C(C)C1=O. The normalized spacial score (nSPS) is 15.3. The topological polar surface area (TPSA) is 93.6 Å². The third kappa shape index (κ3) is 5.03. The molecular weight excluding hydrogens is 358 g/mol. The predicted octanol–water partition coefficient (Wildman–Crippen LogP) is 3.58. The van der Waals surface area contributed by atoms with Crippen LogP contribution >= 0.6 is 0 Å². The lowest BCUT2D eigenvalue weighted by molar-refractivity contribution is -0.132. The van der Waals surface area contributed by atoms with Gasteiger partial charge in [0.1, 0.15) is 0 Å². The molecule has 148 valence electrons. The van der Waals surface area contributed by atoms with Crippen molar-refractivity contribution < 1.29 is 24.2 Å². The molecule has 0 fully saturated rings. The van der Waals surface area contributed by atoms with Crippen LogP contribution in [0.1, 0.15) is 45.1 Å². The Morgan fingerprint density at radius 1 is 1.14 bits per heavy atom. The Kier molecular flexibility index (Phi) is 7.44. The van der Waals surface area contributed by atoms with Crippen molar-refractivity contribution in [1.82, 2.24) is 4.98 Å². The van der Waals surface area contributed by atoms with Crippen molar-refractivity contribution in [2.45, 2.75) is 46.0 Å². The summed E-state index contributed by atoms with van der Waals surface area (Å²) in [5.41, 5.74) is 1.83. The molecule has 6 heteroatoms. The largest absolute Gasteiger partial charge is 0.492 e. The van der Waals surface area contributed by atoms with Gasteiger partial charge in [0.05, 0.1) is 7.11 Å². The van der Waals surface area contributed by atoms with Crippen molar-refractivity contribution in [3.63, 3.8) is 0 Å². The van der Waals surface area contributed by atoms with Crippen molar-refractivity contribution in [1.29, 1.82) is 0 Å². The van der Waals surface area contributed by atoms with E-state index >= 15 is 0 Å². The lowest BCUT2D eigenvalue weighted by Gasteiger charge is -2.18. The number of unbranched alkanes of at least 4 members (excludes halogenated alkanes) is 2. The molecule has 1 aromatic rings. The highest BCUT2D eigenvalue weighted by atomic mass is 16.5. The zero-order chi connectivity index (χ0) is 20.7. The van der Waals surface area contributed by atoms with Crippen LogP contribution in [0.25, 0.3) is 0 Å². The van der Waals surface area contributed by atoms with Crippen molar-refractivity contribution >= 4 is 17.5 Å². The quantitative estimate of drug-likeness (QED) is 0.398. The molecule has 0 aliphatic heterocycles. The van der Waals surface area contributed by atoms with Crippen LogP contribution in [0.15, 0.2) is 58.7 Å². The zero-order valence-corrected chi connectivity index (χ0v) is 16.4. The van der Waals surface area contributed by atoms with E-state index in [0.717, 1.165) is 24.8 Å². The summed E-state index contributed by atoms with van der Waals surface area (Å²) in [5.74, 6) is -1.81. The van der Waals surface area contributed by atoms with E-state index in [2.05, 4.69) is 4.98 Å². The summed E-state index contributed by atoms with van der Waals surface area (Å²) in [7, 11) is 1.34. The molecule has 2 rings (SSSR count). The van der Waals surface area contributed by atoms with Gasteiger partial charge in [-0.2, -0.15) is 0 Å². The number of aliphatic carboxylic acids is 1. The number of carboxylic acid groups (broad SMARTS) is 1. The fourth-order valence-corrected chi connectivity index (χ4v) is 3.14. The second-order valence-corrected chi connectivity index (χ2v) is 6.75. The molecular formula is C22H25NO5. The average molecular weight is 383 g/mol. The van der Waals surface area contributed by atoms with Gasteiger partial charge >= 0.3 is 5.97 Å². The monoisotopic (exact) mass is 383 g/mol. The summed E-state index contributed by atoms with van der Waals surface area (Å²) in [4.78, 5) is 40.6. The molecule has 0 unspecified atom stereocenters. The van der Waals surface area contributed by atoms with Gasteiger partial charge in [-0.3, -0.25) is 14.6 Å². The number of carbonyl (C=O) groups excluding carboxylic acids is 2. The molecule has 0 saturated heterocycles. The number of pyridine rings is 1. The Balaban J connectivity index is 2.04. The molecule has 0 bridgehead atoms. The molecule has 0 amide bonds. The van der Waals surface area contributed by atoms with E-state index in [1.165, 1.54) is 27.0 Å². The minimum absolute atomic E-state index is 0.0203. The Hall–Kier alpha value is -3.02. The fourth-order valence-electron chi connectivity index (χ4n) is 3.14. The van der Waals surface area contributed by atoms with E-state index in [1.807, 2.05) is 18.3 Å². The summed E-state index contributed by atoms with van der Waals surface area (Å²) in [6, 6.07) is 3.91. The molecule has 1 aliphatic carbocycles. The molecule has 1 aromatic heterocycles. The summed E-state index contributed by atoms with van der Waals surface area (Å²) >= 11 is 0. The van der Waals surface area contributed by atoms with E-state index in [0.29, 0.717) is 12.8 Å². The van der Waals surface area contributed by atoms with Crippen LogP contribution in [0.2, 0.25) is 0 Å². The number of methoxy groups -OCH3 is 1. The second-order valence-electron chi connectivity index (χ2n) is 6.75. The van der Waals surface area contributed by atoms with Crippen molar-refractivity contribution in [2.75, 3.05) is 7.11 Å². The molecule has 0 atom stereocenters. The molecule has 0 spiro atoms. The number of aryl methyl sites for hydroxylation is 1. The molecule has 1 aliphatic rings. The molecule has 6 nitrogen and oxygen atoms in total. The standard InChI is InChI=1S/C22H25NO5/c1-14-18(19(24)15(2)21(28-3)20(14)25)12-17(22(26)27)10-6-4-5-8-16-9-7-11-23-13-16/h7,9,11-13H,4-6,8,10H2,1-3H3,(H,26,27)/b17-12+. The van der Waals surface area contributed by atoms with E-state index < -0.39 is 5.97 Å². The fraction of sp³-hybridized carbons (Fsp3) is 0.364. The molecule has 1 N–H and O–H groups in total. The Bertz CT molecular complexity index is 862. The van der Waals surface area contributed by atoms with Crippen molar-refractivity contribution in [3.8, 4) is 0 Å². The van der Waals surface area contributed by atoms with Crippen LogP contribution in [-0.2, 0) is 25.5 Å². The minimum atomic E-state index is -1.08. The van der Waals surface area contributed by atoms with E-state index in [9.17, 15) is 19.5 Å². The van der Waals surface area contributed by atoms with Crippen LogP contribution in [0.3, 0.4) is 0 Å². The van der Waals surface area contributed by atoms with Gasteiger partial charge in [-0.15, -0.1) is 0 Å². The van der Waals surface area contributed by atoms with Gasteiger partial charge in [0.25, 0.3) is 0 Å². The smallest absolute Gasteiger partial charge is 0.331 e.